The first-order chi connectivity index (χ1) is 9.31. The minimum atomic E-state index is -0.198. The third-order valence-electron chi connectivity index (χ3n) is 2.87. The Morgan fingerprint density at radius 3 is 2.60 bits per heavy atom. The number of rotatable bonds is 7. The van der Waals surface area contributed by atoms with Crippen LogP contribution in [0.15, 0.2) is 22.7 Å². The summed E-state index contributed by atoms with van der Waals surface area (Å²) in [6, 6.07) is 5.73. The van der Waals surface area contributed by atoms with Crippen LogP contribution in [0.4, 0.5) is 4.39 Å². The highest BCUT2D eigenvalue weighted by Gasteiger charge is 2.16. The van der Waals surface area contributed by atoms with E-state index in [1.54, 1.807) is 0 Å². The van der Waals surface area contributed by atoms with Gasteiger partial charge in [0.25, 0.3) is 0 Å². The van der Waals surface area contributed by atoms with Crippen LogP contribution in [0, 0.1) is 5.82 Å². The molecule has 0 aliphatic heterocycles. The summed E-state index contributed by atoms with van der Waals surface area (Å²) in [7, 11) is 0. The van der Waals surface area contributed by atoms with Gasteiger partial charge in [-0.1, -0.05) is 33.8 Å². The molecule has 1 atom stereocenters. The zero-order valence-corrected chi connectivity index (χ0v) is 15.2. The van der Waals surface area contributed by atoms with E-state index in [0.717, 1.165) is 25.1 Å². The largest absolute Gasteiger partial charge is 0.313 e. The van der Waals surface area contributed by atoms with E-state index in [4.69, 9.17) is 0 Å². The van der Waals surface area contributed by atoms with Gasteiger partial charge in [-0.3, -0.25) is 0 Å². The van der Waals surface area contributed by atoms with E-state index in [9.17, 15) is 4.39 Å². The zero-order valence-electron chi connectivity index (χ0n) is 12.8. The maximum atomic E-state index is 13.3. The van der Waals surface area contributed by atoms with E-state index in [-0.39, 0.29) is 10.6 Å². The van der Waals surface area contributed by atoms with Crippen molar-refractivity contribution in [3.63, 3.8) is 0 Å². The first-order valence-corrected chi connectivity index (χ1v) is 8.91. The molecule has 0 amide bonds. The Morgan fingerprint density at radius 1 is 1.35 bits per heavy atom. The molecule has 0 fully saturated rings. The second-order valence-electron chi connectivity index (χ2n) is 6.03. The van der Waals surface area contributed by atoms with E-state index in [0.29, 0.717) is 10.5 Å². The van der Waals surface area contributed by atoms with E-state index >= 15 is 0 Å². The van der Waals surface area contributed by atoms with Crippen molar-refractivity contribution < 1.29 is 4.39 Å². The van der Waals surface area contributed by atoms with Gasteiger partial charge < -0.3 is 5.32 Å². The molecule has 4 heteroatoms. The Labute approximate surface area is 135 Å². The molecular weight excluding hydrogens is 337 g/mol. The van der Waals surface area contributed by atoms with Gasteiger partial charge in [0.05, 0.1) is 4.47 Å². The number of benzene rings is 1. The van der Waals surface area contributed by atoms with Gasteiger partial charge in [-0.05, 0) is 53.0 Å². The molecule has 0 aliphatic carbocycles. The smallest absolute Gasteiger partial charge is 0.137 e. The van der Waals surface area contributed by atoms with Crippen molar-refractivity contribution in [1.82, 2.24) is 5.32 Å². The average molecular weight is 362 g/mol. The van der Waals surface area contributed by atoms with Crippen LogP contribution in [-0.2, 0) is 6.42 Å². The molecule has 1 unspecified atom stereocenters. The lowest BCUT2D eigenvalue weighted by molar-refractivity contribution is 0.547. The van der Waals surface area contributed by atoms with Crippen molar-refractivity contribution in [3.05, 3.63) is 34.1 Å². The molecular formula is C16H25BrFNS. The lowest BCUT2D eigenvalue weighted by Gasteiger charge is -2.24. The highest BCUT2D eigenvalue weighted by atomic mass is 79.9. The predicted octanol–water partition coefficient (Wildman–Crippen LogP) is 5.03. The van der Waals surface area contributed by atoms with Crippen molar-refractivity contribution in [2.24, 2.45) is 0 Å². The number of nitrogens with one attached hydrogen (secondary N) is 1. The third-order valence-corrected chi connectivity index (χ3v) is 4.91. The molecule has 20 heavy (non-hydrogen) atoms. The predicted molar refractivity (Wildman–Crippen MR) is 92.1 cm³/mol. The monoisotopic (exact) mass is 361 g/mol. The standard InChI is InChI=1S/C16H25BrFNS/c1-5-8-19-13(11-20-16(2,3)4)9-12-6-7-15(18)14(17)10-12/h6-7,10,13,19H,5,8-9,11H2,1-4H3. The van der Waals surface area contributed by atoms with E-state index in [2.05, 4.69) is 48.9 Å². The molecule has 0 spiro atoms. The highest BCUT2D eigenvalue weighted by molar-refractivity contribution is 9.10. The fourth-order valence-corrected chi connectivity index (χ4v) is 3.20. The van der Waals surface area contributed by atoms with E-state index in [1.165, 1.54) is 11.6 Å². The van der Waals surface area contributed by atoms with Crippen molar-refractivity contribution in [1.29, 1.82) is 0 Å². The highest BCUT2D eigenvalue weighted by Crippen LogP contribution is 2.25. The van der Waals surface area contributed by atoms with Crippen LogP contribution in [0.2, 0.25) is 0 Å². The summed E-state index contributed by atoms with van der Waals surface area (Å²) < 4.78 is 14.1. The Kier molecular flexibility index (Phi) is 7.56. The van der Waals surface area contributed by atoms with Crippen LogP contribution < -0.4 is 5.32 Å². The fourth-order valence-electron chi connectivity index (χ4n) is 1.84. The van der Waals surface area contributed by atoms with Crippen molar-refractivity contribution in [2.45, 2.75) is 51.3 Å². The summed E-state index contributed by atoms with van der Waals surface area (Å²) in [6.07, 6.45) is 2.06. The van der Waals surface area contributed by atoms with Crippen LogP contribution in [-0.4, -0.2) is 23.1 Å². The van der Waals surface area contributed by atoms with Crippen molar-refractivity contribution in [3.8, 4) is 0 Å². The van der Waals surface area contributed by atoms with Gasteiger partial charge in [0.1, 0.15) is 5.82 Å². The zero-order chi connectivity index (χ0) is 15.2. The topological polar surface area (TPSA) is 12.0 Å². The fraction of sp³-hybridized carbons (Fsp3) is 0.625. The minimum absolute atomic E-state index is 0.198. The van der Waals surface area contributed by atoms with Gasteiger partial charge in [-0.25, -0.2) is 4.39 Å². The lowest BCUT2D eigenvalue weighted by Crippen LogP contribution is -2.35. The Morgan fingerprint density at radius 2 is 2.05 bits per heavy atom. The molecule has 0 bridgehead atoms. The molecule has 1 N–H and O–H groups in total. The third kappa shape index (κ3) is 7.09. The van der Waals surface area contributed by atoms with Gasteiger partial charge in [0.2, 0.25) is 0 Å². The number of hydrogen-bond donors (Lipinski definition) is 1. The number of thioether (sulfide) groups is 1. The maximum Gasteiger partial charge on any atom is 0.137 e. The molecule has 0 saturated carbocycles. The molecule has 1 aromatic carbocycles. The summed E-state index contributed by atoms with van der Waals surface area (Å²) in [5.41, 5.74) is 1.17. The second-order valence-corrected chi connectivity index (χ2v) is 8.73. The Hall–Kier alpha value is -0.0600. The van der Waals surface area contributed by atoms with Crippen molar-refractivity contribution in [2.75, 3.05) is 12.3 Å². The first kappa shape index (κ1) is 18.0. The molecule has 0 aromatic heterocycles. The summed E-state index contributed by atoms with van der Waals surface area (Å²) in [5, 5.41) is 3.59. The van der Waals surface area contributed by atoms with Crippen LogP contribution in [0.25, 0.3) is 0 Å². The maximum absolute atomic E-state index is 13.3. The molecule has 0 saturated heterocycles. The molecule has 0 heterocycles. The first-order valence-electron chi connectivity index (χ1n) is 7.13. The normalized spacial score (nSPS) is 13.5. The SMILES string of the molecule is CCCNC(CSC(C)(C)C)Cc1ccc(F)c(Br)c1. The minimum Gasteiger partial charge on any atom is -0.313 e. The second kappa shape index (κ2) is 8.40. The molecule has 1 nitrogen and oxygen atoms in total. The van der Waals surface area contributed by atoms with Crippen LogP contribution in [0.1, 0.15) is 39.7 Å². The summed E-state index contributed by atoms with van der Waals surface area (Å²) >= 11 is 5.23. The Bertz CT molecular complexity index is 417. The Balaban J connectivity index is 2.65. The van der Waals surface area contributed by atoms with Crippen molar-refractivity contribution >= 4 is 27.7 Å². The molecule has 0 aliphatic rings. The van der Waals surface area contributed by atoms with Crippen LogP contribution >= 0.6 is 27.7 Å². The average Bonchev–Trinajstić information content (AvgIpc) is 2.36. The van der Waals surface area contributed by atoms with Gasteiger partial charge in [-0.2, -0.15) is 11.8 Å². The molecule has 0 radical (unpaired) electrons. The van der Waals surface area contributed by atoms with Gasteiger partial charge >= 0.3 is 0 Å². The summed E-state index contributed by atoms with van der Waals surface area (Å²) in [4.78, 5) is 0. The van der Waals surface area contributed by atoms with Crippen LogP contribution in [0.5, 0.6) is 0 Å². The molecule has 1 aromatic rings. The van der Waals surface area contributed by atoms with Crippen LogP contribution in [0.3, 0.4) is 0 Å². The lowest BCUT2D eigenvalue weighted by atomic mass is 10.1. The number of halogens is 2. The summed E-state index contributed by atoms with van der Waals surface area (Å²) in [5.74, 6) is 0.870. The molecule has 114 valence electrons. The number of hydrogen-bond acceptors (Lipinski definition) is 2. The van der Waals surface area contributed by atoms with E-state index in [1.807, 2.05) is 23.9 Å². The van der Waals surface area contributed by atoms with E-state index < -0.39 is 0 Å². The van der Waals surface area contributed by atoms with Gasteiger partial charge in [-0.15, -0.1) is 0 Å². The van der Waals surface area contributed by atoms with Gasteiger partial charge in [0.15, 0.2) is 0 Å². The summed E-state index contributed by atoms with van der Waals surface area (Å²) in [6.45, 7) is 9.92. The van der Waals surface area contributed by atoms with Gasteiger partial charge in [0, 0.05) is 16.5 Å². The quantitative estimate of drug-likeness (QED) is 0.730. The molecule has 1 rings (SSSR count).